The number of sulfone groups is 1. The van der Waals surface area contributed by atoms with Crippen molar-refractivity contribution in [3.05, 3.63) is 52.2 Å². The van der Waals surface area contributed by atoms with E-state index in [1.54, 1.807) is 13.8 Å². The molecule has 0 spiro atoms. The number of nitrogens with one attached hydrogen (secondary N) is 2. The van der Waals surface area contributed by atoms with Crippen LogP contribution in [0.5, 0.6) is 0 Å². The molecule has 2 aliphatic heterocycles. The molecule has 2 N–H and O–H groups in total. The molecular formula is C24H22ClF3N6O5S. The molecule has 0 saturated carbocycles. The number of hydrogen-bond acceptors (Lipinski definition) is 9. The van der Waals surface area contributed by atoms with Crippen LogP contribution in [0.25, 0.3) is 0 Å². The van der Waals surface area contributed by atoms with Crippen molar-refractivity contribution in [2.45, 2.75) is 38.0 Å². The summed E-state index contributed by atoms with van der Waals surface area (Å²) in [5.41, 5.74) is -0.682. The second kappa shape index (κ2) is 10.6. The van der Waals surface area contributed by atoms with Gasteiger partial charge in [-0.25, -0.2) is 18.4 Å². The maximum atomic E-state index is 13.5. The number of halogens is 4. The predicted molar refractivity (Wildman–Crippen MR) is 139 cm³/mol. The fraction of sp³-hybridized carbons (Fsp3) is 0.375. The zero-order chi connectivity index (χ0) is 29.5. The molecule has 1 atom stereocenters. The van der Waals surface area contributed by atoms with E-state index in [-0.39, 0.29) is 51.5 Å². The highest BCUT2D eigenvalue weighted by molar-refractivity contribution is 7.93. The Hall–Kier alpha value is -3.90. The Bertz CT molecular complexity index is 1540. The molecule has 16 heteroatoms. The van der Waals surface area contributed by atoms with Crippen LogP contribution in [0.3, 0.4) is 0 Å². The lowest BCUT2D eigenvalue weighted by Gasteiger charge is -2.38. The lowest BCUT2D eigenvalue weighted by molar-refractivity contribution is -0.156. The Morgan fingerprint density at radius 2 is 2.02 bits per heavy atom. The van der Waals surface area contributed by atoms with Gasteiger partial charge in [-0.15, -0.1) is 5.10 Å². The highest BCUT2D eigenvalue weighted by Gasteiger charge is 2.46. The first-order chi connectivity index (χ1) is 18.6. The smallest absolute Gasteiger partial charge is 0.422 e. The van der Waals surface area contributed by atoms with Gasteiger partial charge in [-0.2, -0.15) is 18.4 Å². The third-order valence-corrected chi connectivity index (χ3v) is 8.44. The quantitative estimate of drug-likeness (QED) is 0.514. The van der Waals surface area contributed by atoms with Crippen molar-refractivity contribution in [3.63, 3.8) is 0 Å². The van der Waals surface area contributed by atoms with Gasteiger partial charge in [0.1, 0.15) is 6.04 Å². The second-order valence-electron chi connectivity index (χ2n) is 9.63. The summed E-state index contributed by atoms with van der Waals surface area (Å²) in [6.45, 7) is 1.47. The van der Waals surface area contributed by atoms with Gasteiger partial charge in [0, 0.05) is 6.20 Å². The number of anilines is 2. The van der Waals surface area contributed by atoms with Crippen molar-refractivity contribution in [1.82, 2.24) is 10.3 Å². The first kappa shape index (κ1) is 29.1. The molecule has 2 amide bonds. The Labute approximate surface area is 231 Å². The maximum absolute atomic E-state index is 13.5. The normalized spacial score (nSPS) is 19.2. The van der Waals surface area contributed by atoms with Crippen LogP contribution >= 0.6 is 11.6 Å². The summed E-state index contributed by atoms with van der Waals surface area (Å²) < 4.78 is 66.4. The van der Waals surface area contributed by atoms with Crippen molar-refractivity contribution in [2.75, 3.05) is 28.4 Å². The summed E-state index contributed by atoms with van der Waals surface area (Å²) in [4.78, 5) is 30.8. The van der Waals surface area contributed by atoms with Crippen molar-refractivity contribution in [2.24, 2.45) is 5.10 Å². The van der Waals surface area contributed by atoms with Crippen LogP contribution in [0.15, 0.2) is 35.6 Å². The Morgan fingerprint density at radius 3 is 2.62 bits per heavy atom. The average Bonchev–Trinajstić information content (AvgIpc) is 3.26. The first-order valence-corrected chi connectivity index (χ1v) is 13.8. The molecule has 1 aromatic carbocycles. The third-order valence-electron chi connectivity index (χ3n) is 5.99. The monoisotopic (exact) mass is 598 g/mol. The lowest BCUT2D eigenvalue weighted by atomic mass is 10.0. The number of amides is 2. The van der Waals surface area contributed by atoms with Crippen molar-refractivity contribution in [1.29, 1.82) is 5.26 Å². The van der Waals surface area contributed by atoms with Crippen LogP contribution in [0, 0.1) is 18.3 Å². The van der Waals surface area contributed by atoms with Gasteiger partial charge >= 0.3 is 6.18 Å². The molecule has 4 rings (SSSR count). The van der Waals surface area contributed by atoms with Crippen LogP contribution in [0.2, 0.25) is 5.02 Å². The highest BCUT2D eigenvalue weighted by Crippen LogP contribution is 2.32. The fourth-order valence-electron chi connectivity index (χ4n) is 4.43. The number of alkyl halides is 3. The number of hydrogen-bond donors (Lipinski definition) is 2. The topological polar surface area (TPSA) is 154 Å². The van der Waals surface area contributed by atoms with E-state index in [1.807, 2.05) is 6.07 Å². The second-order valence-corrected chi connectivity index (χ2v) is 12.1. The van der Waals surface area contributed by atoms with Crippen molar-refractivity contribution >= 4 is 50.7 Å². The molecular weight excluding hydrogens is 577 g/mol. The average molecular weight is 599 g/mol. The van der Waals surface area contributed by atoms with E-state index < -0.39 is 46.0 Å². The van der Waals surface area contributed by atoms with E-state index in [9.17, 15) is 36.4 Å². The Kier molecular flexibility index (Phi) is 7.70. The zero-order valence-electron chi connectivity index (χ0n) is 21.0. The number of benzene rings is 1. The minimum atomic E-state index is -4.64. The van der Waals surface area contributed by atoms with Crippen LogP contribution in [0.1, 0.15) is 34.8 Å². The number of aryl methyl sites for hydroxylation is 1. The number of ether oxygens (including phenoxy) is 1. The molecule has 1 fully saturated rings. The summed E-state index contributed by atoms with van der Waals surface area (Å²) in [6, 6.07) is 6.30. The van der Waals surface area contributed by atoms with Gasteiger partial charge in [-0.05, 0) is 43.7 Å². The summed E-state index contributed by atoms with van der Waals surface area (Å²) in [5, 5.41) is 19.8. The molecule has 1 aromatic heterocycles. The van der Waals surface area contributed by atoms with E-state index in [0.717, 1.165) is 5.01 Å². The van der Waals surface area contributed by atoms with Gasteiger partial charge in [-0.3, -0.25) is 9.59 Å². The molecule has 1 unspecified atom stereocenters. The van der Waals surface area contributed by atoms with Crippen LogP contribution in [0.4, 0.5) is 24.7 Å². The third kappa shape index (κ3) is 6.45. The minimum Gasteiger partial charge on any atom is -0.470 e. The highest BCUT2D eigenvalue weighted by atomic mass is 35.5. The minimum absolute atomic E-state index is 0.0106. The molecule has 2 aromatic rings. The zero-order valence-corrected chi connectivity index (χ0v) is 22.6. The fourth-order valence-corrected chi connectivity index (χ4v) is 6.63. The van der Waals surface area contributed by atoms with Gasteiger partial charge in [0.05, 0.1) is 51.4 Å². The number of hydrazone groups is 1. The number of carbonyl (C=O) groups is 2. The van der Waals surface area contributed by atoms with Crippen LogP contribution in [-0.2, 0) is 19.4 Å². The summed E-state index contributed by atoms with van der Waals surface area (Å²) in [6.07, 6.45) is -3.66. The largest absolute Gasteiger partial charge is 0.470 e. The van der Waals surface area contributed by atoms with E-state index in [0.29, 0.717) is 5.56 Å². The summed E-state index contributed by atoms with van der Waals surface area (Å²) in [7, 11) is -3.29. The van der Waals surface area contributed by atoms with E-state index in [4.69, 9.17) is 16.3 Å². The van der Waals surface area contributed by atoms with Gasteiger partial charge in [0.15, 0.2) is 22.3 Å². The molecule has 0 radical (unpaired) electrons. The van der Waals surface area contributed by atoms with Gasteiger partial charge in [0.2, 0.25) is 11.8 Å². The molecule has 11 nitrogen and oxygen atoms in total. The van der Waals surface area contributed by atoms with Crippen molar-refractivity contribution in [3.8, 4) is 6.07 Å². The van der Waals surface area contributed by atoms with Gasteiger partial charge < -0.3 is 15.4 Å². The lowest BCUT2D eigenvalue weighted by Crippen LogP contribution is -2.63. The Morgan fingerprint density at radius 1 is 1.32 bits per heavy atom. The van der Waals surface area contributed by atoms with E-state index in [2.05, 4.69) is 20.7 Å². The summed E-state index contributed by atoms with van der Waals surface area (Å²) >= 11 is 6.21. The maximum Gasteiger partial charge on any atom is 0.422 e. The van der Waals surface area contributed by atoms with E-state index >= 15 is 0 Å². The summed E-state index contributed by atoms with van der Waals surface area (Å²) in [5.74, 6) is -2.45. The van der Waals surface area contributed by atoms with Crippen molar-refractivity contribution < 1.29 is 35.9 Å². The molecule has 3 heterocycles. The molecule has 0 bridgehead atoms. The number of rotatable bonds is 6. The van der Waals surface area contributed by atoms with Gasteiger partial charge in [0.25, 0.3) is 5.91 Å². The molecule has 1 saturated heterocycles. The molecule has 40 heavy (non-hydrogen) atoms. The van der Waals surface area contributed by atoms with Crippen LogP contribution in [-0.4, -0.2) is 67.0 Å². The SMILES string of the molecule is Cc1cc(C#N)cc(C(=O)NC2(C)CS(=O)(=O)C2)c1NC(=O)C1CC(OCC(F)(F)F)=NN1c1ncccc1Cl. The Balaban J connectivity index is 1.64. The van der Waals surface area contributed by atoms with Gasteiger partial charge in [-0.1, -0.05) is 11.6 Å². The number of nitrogens with zero attached hydrogens (tertiary/aromatic N) is 4. The van der Waals surface area contributed by atoms with Crippen LogP contribution < -0.4 is 15.6 Å². The molecule has 212 valence electrons. The molecule has 0 aliphatic carbocycles. The standard InChI is InChI=1S/C24H22ClF3N6O5S/c1-13-6-14(9-29)7-15(21(35)32-23(2)11-40(37,38)12-23)19(13)31-22(36)17-8-18(39-10-24(26,27)28)33-34(17)20-16(25)4-3-5-30-20/h3-7,17H,8,10-12H2,1-2H3,(H,31,36)(H,32,35). The predicted octanol–water partition coefficient (Wildman–Crippen LogP) is 2.94. The number of nitriles is 1. The molecule has 2 aliphatic rings. The van der Waals surface area contributed by atoms with E-state index in [1.165, 1.54) is 30.5 Å². The number of carbonyl (C=O) groups excluding carboxylic acids is 2. The first-order valence-electron chi connectivity index (χ1n) is 11.6. The number of aromatic nitrogens is 1. The number of pyridine rings is 1.